The molecule has 256 valence electrons. The van der Waals surface area contributed by atoms with Gasteiger partial charge in [-0.2, -0.15) is 0 Å². The van der Waals surface area contributed by atoms with Crippen molar-refractivity contribution in [1.82, 2.24) is 4.57 Å². The molecule has 0 aliphatic carbocycles. The minimum absolute atomic E-state index is 1.15. The van der Waals surface area contributed by atoms with Gasteiger partial charge in [-0.25, -0.2) is 0 Å². The molecule has 1 nitrogen and oxygen atoms in total. The average Bonchev–Trinajstić information content (AvgIpc) is 3.60. The highest BCUT2D eigenvalue weighted by Gasteiger charge is 2.21. The number of nitrogens with zero attached hydrogens (tertiary/aromatic N) is 1. The Labute approximate surface area is 320 Å². The van der Waals surface area contributed by atoms with Crippen molar-refractivity contribution in [1.29, 1.82) is 0 Å². The van der Waals surface area contributed by atoms with E-state index >= 15 is 0 Å². The molecular formula is C54H35N. The van der Waals surface area contributed by atoms with Gasteiger partial charge in [-0.1, -0.05) is 170 Å². The Bertz CT molecular complexity index is 3170. The number of para-hydroxylation sites is 2. The second kappa shape index (κ2) is 12.7. The fourth-order valence-corrected chi connectivity index (χ4v) is 8.88. The first kappa shape index (κ1) is 31.3. The SMILES string of the molecule is c1ccc(-c2cc3ccccc3cc2-c2ccc3c(c2)c(-c2ccccc2)c(-c2ccccc2)c2cc(-n4c5ccccc5c5ccccc54)ccc23)cc1. The van der Waals surface area contributed by atoms with Gasteiger partial charge in [0.1, 0.15) is 0 Å². The summed E-state index contributed by atoms with van der Waals surface area (Å²) in [6.45, 7) is 0. The molecule has 0 N–H and O–H groups in total. The zero-order chi connectivity index (χ0) is 36.3. The molecule has 0 bridgehead atoms. The summed E-state index contributed by atoms with van der Waals surface area (Å²) in [5.74, 6) is 0. The second-order valence-corrected chi connectivity index (χ2v) is 14.5. The summed E-state index contributed by atoms with van der Waals surface area (Å²) in [4.78, 5) is 0. The van der Waals surface area contributed by atoms with Gasteiger partial charge in [-0.3, -0.25) is 0 Å². The highest BCUT2D eigenvalue weighted by atomic mass is 15.0. The second-order valence-electron chi connectivity index (χ2n) is 14.5. The largest absolute Gasteiger partial charge is 0.309 e. The minimum Gasteiger partial charge on any atom is -0.309 e. The zero-order valence-electron chi connectivity index (χ0n) is 30.2. The summed E-state index contributed by atoms with van der Waals surface area (Å²) in [7, 11) is 0. The molecule has 1 heterocycles. The van der Waals surface area contributed by atoms with Crippen LogP contribution in [0.2, 0.25) is 0 Å². The van der Waals surface area contributed by atoms with E-state index in [1.54, 1.807) is 0 Å². The number of rotatable bonds is 5. The fraction of sp³-hybridized carbons (Fsp3) is 0. The third kappa shape index (κ3) is 5.09. The maximum Gasteiger partial charge on any atom is 0.0541 e. The van der Waals surface area contributed by atoms with Crippen molar-refractivity contribution >= 4 is 54.1 Å². The predicted octanol–water partition coefficient (Wildman–Crippen LogP) is 14.9. The lowest BCUT2D eigenvalue weighted by molar-refractivity contribution is 1.19. The summed E-state index contributed by atoms with van der Waals surface area (Å²) in [6, 6.07) is 77.9. The van der Waals surface area contributed by atoms with Crippen LogP contribution in [0.4, 0.5) is 0 Å². The number of aromatic nitrogens is 1. The molecule has 0 saturated carbocycles. The van der Waals surface area contributed by atoms with E-state index in [9.17, 15) is 0 Å². The third-order valence-electron chi connectivity index (χ3n) is 11.3. The van der Waals surface area contributed by atoms with E-state index in [1.165, 1.54) is 98.6 Å². The topological polar surface area (TPSA) is 4.93 Å². The smallest absolute Gasteiger partial charge is 0.0541 e. The molecule has 11 aromatic rings. The Hall–Kier alpha value is -7.22. The van der Waals surface area contributed by atoms with Crippen LogP contribution < -0.4 is 0 Å². The van der Waals surface area contributed by atoms with Gasteiger partial charge in [0.2, 0.25) is 0 Å². The predicted molar refractivity (Wildman–Crippen MR) is 235 cm³/mol. The highest BCUT2D eigenvalue weighted by molar-refractivity contribution is 6.23. The molecule has 0 spiro atoms. The standard InChI is InChI=1S/C54H35N/c1-4-16-36(17-5-1)47-32-39-22-10-11-23-40(39)33-48(47)41-28-30-43-44-31-29-42(55-51-26-14-12-24-45(51)46-25-13-15-27-52(46)55)35-50(44)54(38-20-8-3-9-21-38)53(49(43)34-41)37-18-6-2-7-19-37/h1-35H. The molecule has 0 aliphatic rings. The van der Waals surface area contributed by atoms with Crippen LogP contribution in [0.25, 0.3) is 104 Å². The van der Waals surface area contributed by atoms with Gasteiger partial charge in [0.05, 0.1) is 11.0 Å². The van der Waals surface area contributed by atoms with Crippen molar-refractivity contribution in [2.24, 2.45) is 0 Å². The molecule has 1 heteroatoms. The van der Waals surface area contributed by atoms with Gasteiger partial charge in [0, 0.05) is 16.5 Å². The molecule has 0 amide bonds. The molecule has 11 rings (SSSR count). The number of hydrogen-bond donors (Lipinski definition) is 0. The summed E-state index contributed by atoms with van der Waals surface area (Å²) in [6.07, 6.45) is 0. The minimum atomic E-state index is 1.15. The average molecular weight is 698 g/mol. The first-order valence-corrected chi connectivity index (χ1v) is 19.0. The van der Waals surface area contributed by atoms with E-state index in [0.717, 1.165) is 5.69 Å². The maximum atomic E-state index is 2.45. The summed E-state index contributed by atoms with van der Waals surface area (Å²) < 4.78 is 2.43. The first-order chi connectivity index (χ1) is 27.3. The molecule has 1 aromatic heterocycles. The lowest BCUT2D eigenvalue weighted by Crippen LogP contribution is -1.97. The summed E-state index contributed by atoms with van der Waals surface area (Å²) >= 11 is 0. The van der Waals surface area contributed by atoms with Crippen molar-refractivity contribution in [3.05, 3.63) is 212 Å². The number of benzene rings is 10. The van der Waals surface area contributed by atoms with E-state index in [4.69, 9.17) is 0 Å². The molecular weight excluding hydrogens is 663 g/mol. The van der Waals surface area contributed by atoms with Gasteiger partial charge in [0.25, 0.3) is 0 Å². The zero-order valence-corrected chi connectivity index (χ0v) is 30.2. The van der Waals surface area contributed by atoms with Crippen LogP contribution in [0.1, 0.15) is 0 Å². The van der Waals surface area contributed by atoms with Gasteiger partial charge >= 0.3 is 0 Å². The summed E-state index contributed by atoms with van der Waals surface area (Å²) in [5, 5.41) is 9.97. The molecule has 0 unspecified atom stereocenters. The van der Waals surface area contributed by atoms with Gasteiger partial charge in [0.15, 0.2) is 0 Å². The molecule has 0 saturated heterocycles. The summed E-state index contributed by atoms with van der Waals surface area (Å²) in [5.41, 5.74) is 13.4. The van der Waals surface area contributed by atoms with Crippen LogP contribution in [0, 0.1) is 0 Å². The molecule has 0 radical (unpaired) electrons. The van der Waals surface area contributed by atoms with Crippen LogP contribution in [0.5, 0.6) is 0 Å². The normalized spacial score (nSPS) is 11.6. The molecule has 0 aliphatic heterocycles. The quantitative estimate of drug-likeness (QED) is 0.158. The van der Waals surface area contributed by atoms with Crippen molar-refractivity contribution < 1.29 is 0 Å². The van der Waals surface area contributed by atoms with Crippen LogP contribution in [-0.2, 0) is 0 Å². The lowest BCUT2D eigenvalue weighted by atomic mass is 9.83. The Balaban J connectivity index is 1.26. The van der Waals surface area contributed by atoms with Crippen molar-refractivity contribution in [2.75, 3.05) is 0 Å². The van der Waals surface area contributed by atoms with Crippen LogP contribution in [0.3, 0.4) is 0 Å². The van der Waals surface area contributed by atoms with Crippen molar-refractivity contribution in [2.45, 2.75) is 0 Å². The van der Waals surface area contributed by atoms with E-state index in [1.807, 2.05) is 0 Å². The van der Waals surface area contributed by atoms with Crippen LogP contribution >= 0.6 is 0 Å². The van der Waals surface area contributed by atoms with Gasteiger partial charge < -0.3 is 4.57 Å². The van der Waals surface area contributed by atoms with Crippen LogP contribution in [-0.4, -0.2) is 4.57 Å². The molecule has 0 fully saturated rings. The first-order valence-electron chi connectivity index (χ1n) is 19.0. The third-order valence-corrected chi connectivity index (χ3v) is 11.3. The molecule has 10 aromatic carbocycles. The molecule has 55 heavy (non-hydrogen) atoms. The number of hydrogen-bond acceptors (Lipinski definition) is 0. The van der Waals surface area contributed by atoms with E-state index in [0.29, 0.717) is 0 Å². The van der Waals surface area contributed by atoms with E-state index < -0.39 is 0 Å². The van der Waals surface area contributed by atoms with Crippen molar-refractivity contribution in [3.8, 4) is 50.2 Å². The highest BCUT2D eigenvalue weighted by Crippen LogP contribution is 2.47. The monoisotopic (exact) mass is 697 g/mol. The Kier molecular flexibility index (Phi) is 7.25. The number of fused-ring (bicyclic) bond motifs is 7. The Morgan fingerprint density at radius 3 is 1.25 bits per heavy atom. The molecule has 0 atom stereocenters. The van der Waals surface area contributed by atoms with Gasteiger partial charge in [-0.05, 0) is 119 Å². The Morgan fingerprint density at radius 1 is 0.255 bits per heavy atom. The van der Waals surface area contributed by atoms with Crippen LogP contribution in [0.15, 0.2) is 212 Å². The van der Waals surface area contributed by atoms with E-state index in [2.05, 4.69) is 217 Å². The maximum absolute atomic E-state index is 2.45. The fourth-order valence-electron chi connectivity index (χ4n) is 8.88. The lowest BCUT2D eigenvalue weighted by Gasteiger charge is -2.21. The van der Waals surface area contributed by atoms with E-state index in [-0.39, 0.29) is 0 Å². The van der Waals surface area contributed by atoms with Crippen molar-refractivity contribution in [3.63, 3.8) is 0 Å². The van der Waals surface area contributed by atoms with Gasteiger partial charge in [-0.15, -0.1) is 0 Å². The Morgan fingerprint density at radius 2 is 0.691 bits per heavy atom.